The van der Waals surface area contributed by atoms with Crippen LogP contribution < -0.4 is 25.6 Å². The van der Waals surface area contributed by atoms with Gasteiger partial charge in [0.15, 0.2) is 0 Å². The lowest BCUT2D eigenvalue weighted by molar-refractivity contribution is -0.142. The molecule has 1 aliphatic carbocycles. The van der Waals surface area contributed by atoms with Crippen LogP contribution in [0.15, 0.2) is 147 Å². The van der Waals surface area contributed by atoms with Gasteiger partial charge >= 0.3 is 5.51 Å². The Morgan fingerprint density at radius 3 is 2.12 bits per heavy atom. The van der Waals surface area contributed by atoms with Gasteiger partial charge in [0.1, 0.15) is 10.9 Å². The van der Waals surface area contributed by atoms with E-state index in [0.717, 1.165) is 141 Å². The van der Waals surface area contributed by atoms with Crippen molar-refractivity contribution in [3.05, 3.63) is 160 Å². The molecular formula is C83H109ClF3N11O10S4. The van der Waals surface area contributed by atoms with E-state index in [2.05, 4.69) is 59.6 Å². The van der Waals surface area contributed by atoms with Gasteiger partial charge in [0.25, 0.3) is 25.8 Å². The zero-order valence-electron chi connectivity index (χ0n) is 65.1. The summed E-state index contributed by atoms with van der Waals surface area (Å²) in [4.78, 5) is 72.5. The molecule has 112 heavy (non-hydrogen) atoms. The highest BCUT2D eigenvalue weighted by Gasteiger charge is 2.49. The van der Waals surface area contributed by atoms with Crippen molar-refractivity contribution in [3.8, 4) is 10.4 Å². The molecule has 4 saturated heterocycles. The molecule has 1 aromatic heterocycles. The van der Waals surface area contributed by atoms with Crippen molar-refractivity contribution in [2.45, 2.75) is 169 Å². The summed E-state index contributed by atoms with van der Waals surface area (Å²) < 4.78 is 105. The third-order valence-corrected chi connectivity index (χ3v) is 27.7. The predicted octanol–water partition coefficient (Wildman–Crippen LogP) is 13.0. The molecule has 0 radical (unpaired) electrons. The van der Waals surface area contributed by atoms with Gasteiger partial charge in [0, 0.05) is 131 Å². The lowest BCUT2D eigenvalue weighted by atomic mass is 9.69. The first-order valence-electron chi connectivity index (χ1n) is 39.2. The zero-order chi connectivity index (χ0) is 80.0. The van der Waals surface area contributed by atoms with E-state index in [1.807, 2.05) is 116 Å². The number of nitrogens with zero attached hydrogens (tertiary/aromatic N) is 7. The molecule has 4 amide bonds. The SMILES string of the molecule is Cc1ncsc1-c1ccc([C@H](C)NC(=O)[C@@H]2C[C@@H](O)CN2C(=O)[C@@H](NCCCCCCCC(=O)N2CCN(CCC3(C)CCC(c4ccc(Cl)cc4)=C(CN4CCN(c5ccc(C(=O)NS(=O)(=O)c6ccc(N[C@H](CCN7CCOCC7)CSc7ccccc7)c(S(=O)(=O)C(F)(F)F)c6)cc5)CC4)C3)CC2)C(C)(C)C)cc1. The van der Waals surface area contributed by atoms with E-state index < -0.39 is 76.4 Å². The molecule has 29 heteroatoms. The van der Waals surface area contributed by atoms with Gasteiger partial charge in [-0.15, -0.1) is 23.1 Å². The quantitative estimate of drug-likeness (QED) is 0.0190. The van der Waals surface area contributed by atoms with Crippen molar-refractivity contribution in [2.24, 2.45) is 10.8 Å². The predicted molar refractivity (Wildman–Crippen MR) is 438 cm³/mol. The number of alkyl halides is 3. The summed E-state index contributed by atoms with van der Waals surface area (Å²) >= 11 is 9.43. The minimum atomic E-state index is -6.10. The number of sulfonamides is 1. The first-order valence-corrected chi connectivity index (χ1v) is 44.5. The molecular weight excluding hydrogens is 1530 g/mol. The number of piperazine rings is 2. The number of allylic oxidation sites excluding steroid dienone is 1. The highest BCUT2D eigenvalue weighted by atomic mass is 35.5. The van der Waals surface area contributed by atoms with E-state index in [1.54, 1.807) is 28.4 Å². The van der Waals surface area contributed by atoms with Crippen molar-refractivity contribution in [1.82, 2.24) is 44.8 Å². The number of β-amino-alcohol motifs (C(OH)–C–C–N with tert-alkyl or cyclic N) is 1. The number of carbonyl (C=O) groups excluding carboxylic acids is 4. The number of anilines is 2. The highest BCUT2D eigenvalue weighted by molar-refractivity contribution is 7.99. The topological polar surface area (TPSA) is 246 Å². The Morgan fingerprint density at radius 1 is 0.786 bits per heavy atom. The lowest BCUT2D eigenvalue weighted by Crippen LogP contribution is -2.56. The van der Waals surface area contributed by atoms with Crippen LogP contribution >= 0.6 is 34.7 Å². The Hall–Kier alpha value is -6.96. The molecule has 1 unspecified atom stereocenters. The molecule has 6 atom stereocenters. The van der Waals surface area contributed by atoms with Crippen molar-refractivity contribution in [3.63, 3.8) is 0 Å². The minimum absolute atomic E-state index is 0.0277. The summed E-state index contributed by atoms with van der Waals surface area (Å²) in [5.41, 5.74) is 2.96. The van der Waals surface area contributed by atoms with Gasteiger partial charge < -0.3 is 40.5 Å². The molecule has 5 aliphatic rings. The maximum absolute atomic E-state index is 14.4. The number of aromatic nitrogens is 1. The molecule has 11 rings (SSSR count). The molecule has 0 saturated carbocycles. The molecule has 608 valence electrons. The number of carbonyl (C=O) groups is 4. The Kier molecular flexibility index (Phi) is 29.7. The van der Waals surface area contributed by atoms with E-state index in [9.17, 15) is 54.3 Å². The number of halogens is 4. The molecule has 0 bridgehead atoms. The standard InChI is InChI=1S/C83H109ClF3N11O10S4/c1-58(60-18-20-62(21-19-60)76-59(2)89-57-110-76)90-79(102)73-51-68(99)55-98(73)80(103)77(81(3,4)5)88-36-14-9-7-8-13-17-75(100)97-45-39-94(40-46-97)38-35-82(6)34-32-71(61-22-26-65(84)27-23-61)64(53-82)54-95-41-43-96(44-42-95)67-28-24-63(25-29-67)78(101)92-112(106,107)70-30-31-72(74(52-70)111(104,105)83(85,86)87)91-66(33-37-93-47-49-108-50-48-93)56-109-69-15-11-10-12-16-69/h10-12,15-16,18-31,52,57-58,66,68,73,77,88,91,99H,7-9,13-14,17,32-51,53-56H2,1-6H3,(H,90,102)(H,92,101)/t58-,66+,68+,73-,77+,82?/m0/s1. The number of thiazole rings is 1. The molecule has 21 nitrogen and oxygen atoms in total. The number of nitrogens with one attached hydrogen (secondary N) is 4. The summed E-state index contributed by atoms with van der Waals surface area (Å²) in [5, 5.41) is 21.1. The van der Waals surface area contributed by atoms with Gasteiger partial charge in [0.2, 0.25) is 17.7 Å². The summed E-state index contributed by atoms with van der Waals surface area (Å²) in [6.07, 6.45) is 8.79. The summed E-state index contributed by atoms with van der Waals surface area (Å²) in [6.45, 7) is 23.7. The number of unbranched alkanes of at least 4 members (excludes halogenated alkanes) is 4. The Bertz CT molecular complexity index is 4420. The highest BCUT2D eigenvalue weighted by Crippen LogP contribution is 2.46. The van der Waals surface area contributed by atoms with Crippen LogP contribution in [0.1, 0.15) is 145 Å². The molecule has 6 aromatic rings. The third kappa shape index (κ3) is 23.0. The van der Waals surface area contributed by atoms with Gasteiger partial charge in [-0.05, 0) is 172 Å². The number of hydrogen-bond donors (Lipinski definition) is 5. The number of likely N-dealkylation sites (tertiary alicyclic amines) is 1. The number of morpholine rings is 1. The van der Waals surface area contributed by atoms with Gasteiger partial charge in [-0.2, -0.15) is 13.2 Å². The number of benzene rings is 5. The molecule has 0 spiro atoms. The third-order valence-electron chi connectivity index (χ3n) is 22.5. The van der Waals surface area contributed by atoms with Gasteiger partial charge in [-0.3, -0.25) is 33.9 Å². The summed E-state index contributed by atoms with van der Waals surface area (Å²) in [6, 6.07) is 32.2. The van der Waals surface area contributed by atoms with Crippen LogP contribution in [-0.2, 0) is 39.0 Å². The van der Waals surface area contributed by atoms with Crippen LogP contribution in [0.2, 0.25) is 5.02 Å². The first kappa shape index (κ1) is 85.9. The summed E-state index contributed by atoms with van der Waals surface area (Å²) in [7, 11) is -11.0. The van der Waals surface area contributed by atoms with Crippen LogP contribution in [0, 0.1) is 17.8 Å². The fourth-order valence-corrected chi connectivity index (χ4v) is 19.7. The van der Waals surface area contributed by atoms with E-state index in [-0.39, 0.29) is 47.7 Å². The number of ether oxygens (including phenoxy) is 1. The monoisotopic (exact) mass is 1640 g/mol. The number of hydrogen-bond acceptors (Lipinski definition) is 19. The van der Waals surface area contributed by atoms with Crippen molar-refractivity contribution >= 4 is 95.1 Å². The molecule has 5 heterocycles. The zero-order valence-corrected chi connectivity index (χ0v) is 69.1. The fraction of sp³-hybridized carbons (Fsp3) is 0.530. The number of aliphatic hydroxyl groups is 1. The minimum Gasteiger partial charge on any atom is -0.391 e. The second-order valence-corrected chi connectivity index (χ2v) is 37.9. The Labute approximate surface area is 672 Å². The van der Waals surface area contributed by atoms with Crippen molar-refractivity contribution in [2.75, 3.05) is 127 Å². The first-order chi connectivity index (χ1) is 53.4. The Balaban J connectivity index is 0.606. The van der Waals surface area contributed by atoms with Crippen LogP contribution in [-0.4, -0.2) is 222 Å². The smallest absolute Gasteiger partial charge is 0.391 e. The average Bonchev–Trinajstić information content (AvgIpc) is 0.852. The molecule has 4 fully saturated rings. The lowest BCUT2D eigenvalue weighted by Gasteiger charge is -2.42. The maximum atomic E-state index is 14.4. The van der Waals surface area contributed by atoms with E-state index in [4.69, 9.17) is 16.3 Å². The Morgan fingerprint density at radius 2 is 1.45 bits per heavy atom. The van der Waals surface area contributed by atoms with Crippen molar-refractivity contribution in [1.29, 1.82) is 0 Å². The van der Waals surface area contributed by atoms with E-state index in [0.29, 0.717) is 95.3 Å². The van der Waals surface area contributed by atoms with Gasteiger partial charge in [-0.1, -0.05) is 119 Å². The second-order valence-electron chi connectivity index (χ2n) is 31.9. The molecule has 4 aliphatic heterocycles. The number of rotatable bonds is 33. The normalized spacial score (nSPS) is 20.2. The van der Waals surface area contributed by atoms with Crippen LogP contribution in [0.5, 0.6) is 0 Å². The maximum Gasteiger partial charge on any atom is 0.501 e. The molecule has 5 aromatic carbocycles. The van der Waals surface area contributed by atoms with Gasteiger partial charge in [0.05, 0.1) is 58.1 Å². The van der Waals surface area contributed by atoms with Crippen LogP contribution in [0.25, 0.3) is 16.0 Å². The average molecular weight is 1640 g/mol. The van der Waals surface area contributed by atoms with Crippen LogP contribution in [0.4, 0.5) is 24.5 Å². The van der Waals surface area contributed by atoms with Gasteiger partial charge in [-0.25, -0.2) is 26.5 Å². The van der Waals surface area contributed by atoms with E-state index >= 15 is 0 Å². The number of aliphatic hydroxyl groups excluding tert-OH is 1. The number of aryl methyl sites for hydroxylation is 1. The van der Waals surface area contributed by atoms with Crippen LogP contribution in [0.3, 0.4) is 0 Å². The second kappa shape index (κ2) is 38.7. The largest absolute Gasteiger partial charge is 0.501 e. The fourth-order valence-electron chi connectivity index (χ4n) is 15.7. The number of sulfone groups is 1. The number of thioether (sulfide) groups is 1. The number of amides is 4. The summed E-state index contributed by atoms with van der Waals surface area (Å²) in [5.74, 6) is -0.961. The molecule has 5 N–H and O–H groups in total. The van der Waals surface area contributed by atoms with Crippen molar-refractivity contribution < 1.29 is 59.0 Å². The van der Waals surface area contributed by atoms with E-state index in [1.165, 1.54) is 40.6 Å².